The normalized spacial score (nSPS) is 10.9. The number of rotatable bonds is 8. The van der Waals surface area contributed by atoms with Crippen LogP contribution in [0.3, 0.4) is 0 Å². The third kappa shape index (κ3) is 5.85. The van der Waals surface area contributed by atoms with Crippen LogP contribution in [0.15, 0.2) is 22.7 Å². The van der Waals surface area contributed by atoms with Crippen LogP contribution in [0, 0.1) is 6.92 Å². The van der Waals surface area contributed by atoms with E-state index in [0.29, 0.717) is 13.2 Å². The molecule has 1 aromatic rings. The zero-order valence-corrected chi connectivity index (χ0v) is 12.9. The summed E-state index contributed by atoms with van der Waals surface area (Å²) in [7, 11) is 0. The molecule has 1 rings (SSSR count). The van der Waals surface area contributed by atoms with Crippen molar-refractivity contribution in [3.8, 4) is 0 Å². The van der Waals surface area contributed by atoms with Crippen molar-refractivity contribution in [2.24, 2.45) is 0 Å². The summed E-state index contributed by atoms with van der Waals surface area (Å²) >= 11 is 3.49. The maximum absolute atomic E-state index is 5.50. The Morgan fingerprint density at radius 2 is 1.83 bits per heavy atom. The number of hydrogen-bond donors (Lipinski definition) is 1. The van der Waals surface area contributed by atoms with Crippen LogP contribution < -0.4 is 5.32 Å². The highest BCUT2D eigenvalue weighted by Gasteiger charge is 2.07. The van der Waals surface area contributed by atoms with Gasteiger partial charge in [0, 0.05) is 36.3 Å². The minimum Gasteiger partial charge on any atom is -0.385 e. The van der Waals surface area contributed by atoms with Gasteiger partial charge < -0.3 is 14.8 Å². The lowest BCUT2D eigenvalue weighted by Gasteiger charge is -2.17. The Morgan fingerprint density at radius 3 is 2.39 bits per heavy atom. The number of nitrogens with one attached hydrogen (secondary N) is 1. The Labute approximate surface area is 118 Å². The van der Waals surface area contributed by atoms with Crippen LogP contribution in [0.2, 0.25) is 0 Å². The van der Waals surface area contributed by atoms with Crippen molar-refractivity contribution in [1.82, 2.24) is 0 Å². The molecule has 0 fully saturated rings. The van der Waals surface area contributed by atoms with Crippen LogP contribution in [0.4, 0.5) is 5.69 Å². The first kappa shape index (κ1) is 15.5. The minimum atomic E-state index is -0.110. The van der Waals surface area contributed by atoms with Crippen molar-refractivity contribution in [3.63, 3.8) is 0 Å². The predicted octanol–water partition coefficient (Wildman–Crippen LogP) is 3.96. The predicted molar refractivity (Wildman–Crippen MR) is 79.0 cm³/mol. The van der Waals surface area contributed by atoms with Crippen LogP contribution in [-0.2, 0) is 9.47 Å². The van der Waals surface area contributed by atoms with E-state index in [9.17, 15) is 0 Å². The number of ether oxygens (including phenoxy) is 2. The second kappa shape index (κ2) is 8.51. The summed E-state index contributed by atoms with van der Waals surface area (Å²) in [6, 6.07) is 6.29. The quantitative estimate of drug-likeness (QED) is 0.737. The first-order valence-corrected chi connectivity index (χ1v) is 7.19. The van der Waals surface area contributed by atoms with Gasteiger partial charge in [0.1, 0.15) is 0 Å². The molecule has 0 aromatic heterocycles. The summed E-state index contributed by atoms with van der Waals surface area (Å²) < 4.78 is 12.1. The summed E-state index contributed by atoms with van der Waals surface area (Å²) in [5.74, 6) is 0. The van der Waals surface area contributed by atoms with Gasteiger partial charge in [0.05, 0.1) is 0 Å². The number of aryl methyl sites for hydroxylation is 1. The van der Waals surface area contributed by atoms with Crippen LogP contribution >= 0.6 is 15.9 Å². The third-order valence-electron chi connectivity index (χ3n) is 2.46. The molecule has 0 radical (unpaired) electrons. The van der Waals surface area contributed by atoms with Gasteiger partial charge in [-0.05, 0) is 44.5 Å². The standard InChI is InChI=1S/C14H22BrNO2/c1-4-17-14(18-5-2)6-7-16-13-9-11(3)8-12(15)10-13/h8-10,14,16H,4-7H2,1-3H3. The van der Waals surface area contributed by atoms with Crippen molar-refractivity contribution in [3.05, 3.63) is 28.2 Å². The molecule has 0 aliphatic rings. The number of benzene rings is 1. The van der Waals surface area contributed by atoms with Gasteiger partial charge in [-0.25, -0.2) is 0 Å². The monoisotopic (exact) mass is 315 g/mol. The highest BCUT2D eigenvalue weighted by Crippen LogP contribution is 2.19. The molecule has 0 saturated carbocycles. The van der Waals surface area contributed by atoms with Gasteiger partial charge in [-0.15, -0.1) is 0 Å². The van der Waals surface area contributed by atoms with E-state index in [4.69, 9.17) is 9.47 Å². The van der Waals surface area contributed by atoms with E-state index >= 15 is 0 Å². The molecule has 0 aliphatic heterocycles. The summed E-state index contributed by atoms with van der Waals surface area (Å²) in [5.41, 5.74) is 2.35. The fourth-order valence-corrected chi connectivity index (χ4v) is 2.37. The van der Waals surface area contributed by atoms with Gasteiger partial charge in [-0.2, -0.15) is 0 Å². The Balaban J connectivity index is 2.39. The molecule has 0 atom stereocenters. The molecule has 1 N–H and O–H groups in total. The van der Waals surface area contributed by atoms with Crippen molar-refractivity contribution < 1.29 is 9.47 Å². The smallest absolute Gasteiger partial charge is 0.159 e. The second-order valence-electron chi connectivity index (χ2n) is 4.07. The molecular weight excluding hydrogens is 294 g/mol. The molecule has 18 heavy (non-hydrogen) atoms. The van der Waals surface area contributed by atoms with Crippen molar-refractivity contribution in [2.75, 3.05) is 25.1 Å². The maximum Gasteiger partial charge on any atom is 0.159 e. The molecule has 3 nitrogen and oxygen atoms in total. The van der Waals surface area contributed by atoms with E-state index in [0.717, 1.165) is 23.1 Å². The van der Waals surface area contributed by atoms with Crippen LogP contribution in [-0.4, -0.2) is 26.0 Å². The first-order chi connectivity index (χ1) is 8.65. The molecule has 0 spiro atoms. The summed E-state index contributed by atoms with van der Waals surface area (Å²) in [6.07, 6.45) is 0.730. The van der Waals surface area contributed by atoms with Crippen molar-refractivity contribution in [2.45, 2.75) is 33.5 Å². The second-order valence-corrected chi connectivity index (χ2v) is 4.99. The van der Waals surface area contributed by atoms with Gasteiger partial charge >= 0.3 is 0 Å². The van der Waals surface area contributed by atoms with E-state index in [2.05, 4.69) is 46.4 Å². The Hall–Kier alpha value is -0.580. The van der Waals surface area contributed by atoms with Crippen LogP contribution in [0.25, 0.3) is 0 Å². The lowest BCUT2D eigenvalue weighted by atomic mass is 10.2. The van der Waals surface area contributed by atoms with Gasteiger partial charge in [0.25, 0.3) is 0 Å². The molecule has 0 unspecified atom stereocenters. The average Bonchev–Trinajstić information content (AvgIpc) is 2.28. The highest BCUT2D eigenvalue weighted by atomic mass is 79.9. The van der Waals surface area contributed by atoms with Gasteiger partial charge in [-0.1, -0.05) is 15.9 Å². The van der Waals surface area contributed by atoms with E-state index in [-0.39, 0.29) is 6.29 Å². The van der Waals surface area contributed by atoms with E-state index < -0.39 is 0 Å². The molecule has 102 valence electrons. The number of anilines is 1. The molecule has 4 heteroatoms. The number of halogens is 1. The lowest BCUT2D eigenvalue weighted by Crippen LogP contribution is -2.21. The molecule has 0 aliphatic carbocycles. The molecule has 1 aromatic carbocycles. The minimum absolute atomic E-state index is 0.110. The summed E-state index contributed by atoms with van der Waals surface area (Å²) in [4.78, 5) is 0. The number of hydrogen-bond acceptors (Lipinski definition) is 3. The van der Waals surface area contributed by atoms with E-state index in [1.165, 1.54) is 5.56 Å². The topological polar surface area (TPSA) is 30.5 Å². The van der Waals surface area contributed by atoms with Crippen molar-refractivity contribution >= 4 is 21.6 Å². The van der Waals surface area contributed by atoms with Crippen molar-refractivity contribution in [1.29, 1.82) is 0 Å². The maximum atomic E-state index is 5.50. The fourth-order valence-electron chi connectivity index (χ4n) is 1.76. The first-order valence-electron chi connectivity index (χ1n) is 6.40. The zero-order valence-electron chi connectivity index (χ0n) is 11.3. The van der Waals surface area contributed by atoms with Gasteiger partial charge in [-0.3, -0.25) is 0 Å². The molecular formula is C14H22BrNO2. The largest absolute Gasteiger partial charge is 0.385 e. The summed E-state index contributed by atoms with van der Waals surface area (Å²) in [6.45, 7) is 8.25. The lowest BCUT2D eigenvalue weighted by molar-refractivity contribution is -0.137. The molecule has 0 saturated heterocycles. The molecule has 0 heterocycles. The molecule has 0 amide bonds. The third-order valence-corrected chi connectivity index (χ3v) is 2.91. The SMILES string of the molecule is CCOC(CCNc1cc(C)cc(Br)c1)OCC. The Bertz CT molecular complexity index is 331. The van der Waals surface area contributed by atoms with E-state index in [1.54, 1.807) is 0 Å². The Morgan fingerprint density at radius 1 is 1.17 bits per heavy atom. The van der Waals surface area contributed by atoms with Crippen LogP contribution in [0.1, 0.15) is 25.8 Å². The van der Waals surface area contributed by atoms with Crippen LogP contribution in [0.5, 0.6) is 0 Å². The zero-order chi connectivity index (χ0) is 13.4. The Kier molecular flexibility index (Phi) is 7.32. The van der Waals surface area contributed by atoms with Gasteiger partial charge in [0.15, 0.2) is 6.29 Å². The average molecular weight is 316 g/mol. The van der Waals surface area contributed by atoms with Gasteiger partial charge in [0.2, 0.25) is 0 Å². The summed E-state index contributed by atoms with van der Waals surface area (Å²) in [5, 5.41) is 3.38. The highest BCUT2D eigenvalue weighted by molar-refractivity contribution is 9.10. The van der Waals surface area contributed by atoms with E-state index in [1.807, 2.05) is 13.8 Å². The molecule has 0 bridgehead atoms. The fraction of sp³-hybridized carbons (Fsp3) is 0.571.